The predicted octanol–water partition coefficient (Wildman–Crippen LogP) is 1.75. The summed E-state index contributed by atoms with van der Waals surface area (Å²) in [6.45, 7) is 1.19. The Morgan fingerprint density at radius 2 is 2.08 bits per heavy atom. The molecule has 0 radical (unpaired) electrons. The molecule has 0 amide bonds. The van der Waals surface area contributed by atoms with Crippen molar-refractivity contribution in [3.05, 3.63) is 58.8 Å². The van der Waals surface area contributed by atoms with Crippen molar-refractivity contribution in [1.82, 2.24) is 15.0 Å². The molecule has 2 aliphatic rings. The quantitative estimate of drug-likeness (QED) is 0.660. The third-order valence-corrected chi connectivity index (χ3v) is 4.84. The van der Waals surface area contributed by atoms with E-state index in [0.29, 0.717) is 24.2 Å². The van der Waals surface area contributed by atoms with E-state index in [1.807, 2.05) is 30.3 Å². The summed E-state index contributed by atoms with van der Waals surface area (Å²) in [4.78, 5) is 21.5. The maximum atomic E-state index is 11.8. The summed E-state index contributed by atoms with van der Waals surface area (Å²) in [5.41, 5.74) is 2.66. The van der Waals surface area contributed by atoms with Crippen LogP contribution in [0.3, 0.4) is 0 Å². The fraction of sp³-hybridized carbons (Fsp3) is 0.333. The zero-order chi connectivity index (χ0) is 17.5. The lowest BCUT2D eigenvalue weighted by atomic mass is 10.1. The Balaban J connectivity index is 1.28. The van der Waals surface area contributed by atoms with Gasteiger partial charge < -0.3 is 29.5 Å². The number of aromatic nitrogens is 3. The van der Waals surface area contributed by atoms with E-state index in [0.717, 1.165) is 11.3 Å². The minimum absolute atomic E-state index is 0.130. The van der Waals surface area contributed by atoms with Crippen molar-refractivity contribution in [2.45, 2.75) is 18.7 Å². The molecule has 26 heavy (non-hydrogen) atoms. The van der Waals surface area contributed by atoms with Gasteiger partial charge in [0.05, 0.1) is 18.6 Å². The highest BCUT2D eigenvalue weighted by molar-refractivity contribution is 5.87. The van der Waals surface area contributed by atoms with E-state index >= 15 is 0 Å². The highest BCUT2D eigenvalue weighted by atomic mass is 16.8. The number of H-pyrrole nitrogens is 2. The van der Waals surface area contributed by atoms with Crippen LogP contribution in [0.2, 0.25) is 0 Å². The van der Waals surface area contributed by atoms with Crippen LogP contribution in [0, 0.1) is 5.92 Å². The number of anilines is 1. The summed E-state index contributed by atoms with van der Waals surface area (Å²) in [5, 5.41) is 3.34. The van der Waals surface area contributed by atoms with Crippen LogP contribution < -0.4 is 10.9 Å². The number of benzene rings is 1. The molecule has 0 saturated carbocycles. The zero-order valence-corrected chi connectivity index (χ0v) is 13.8. The smallest absolute Gasteiger partial charge is 0.275 e. The van der Waals surface area contributed by atoms with Crippen LogP contribution in [0.4, 0.5) is 5.69 Å². The Hall–Kier alpha value is -2.68. The molecule has 2 aliphatic heterocycles. The standard InChI is InChI=1S/C18H18N4O4/c23-16-14-13(21-9-22-16)12(7-20-14)19-6-11-8-24-18-15(11)25-17(26-18)10-4-2-1-3-5-10/h1-5,7,9,11,15,17-20H,6,8H2,(H,21,22,23)/t11-,15?,17?,18+/m0/s1. The molecular weight excluding hydrogens is 336 g/mol. The minimum atomic E-state index is -0.401. The number of hydrogen-bond acceptors (Lipinski definition) is 6. The van der Waals surface area contributed by atoms with Gasteiger partial charge in [0.15, 0.2) is 12.6 Å². The molecule has 0 aliphatic carbocycles. The Morgan fingerprint density at radius 3 is 2.96 bits per heavy atom. The Morgan fingerprint density at radius 1 is 1.19 bits per heavy atom. The first kappa shape index (κ1) is 15.6. The SMILES string of the molecule is O=c1[nH]cnc2c(NC[C@H]3CO[C@@H]4OC(c5ccccc5)OC34)c[nH]c12. The van der Waals surface area contributed by atoms with Gasteiger partial charge in [-0.15, -0.1) is 0 Å². The van der Waals surface area contributed by atoms with Crippen molar-refractivity contribution >= 4 is 16.7 Å². The molecule has 3 N–H and O–H groups in total. The number of ether oxygens (including phenoxy) is 3. The summed E-state index contributed by atoms with van der Waals surface area (Å²) in [6, 6.07) is 9.84. The first-order valence-electron chi connectivity index (χ1n) is 8.56. The van der Waals surface area contributed by atoms with E-state index in [2.05, 4.69) is 20.3 Å². The average Bonchev–Trinajstić information content (AvgIpc) is 3.36. The maximum Gasteiger partial charge on any atom is 0.275 e. The van der Waals surface area contributed by atoms with Crippen molar-refractivity contribution in [2.24, 2.45) is 5.92 Å². The van der Waals surface area contributed by atoms with E-state index in [9.17, 15) is 4.79 Å². The largest absolute Gasteiger partial charge is 0.382 e. The number of aromatic amines is 2. The lowest BCUT2D eigenvalue weighted by Crippen LogP contribution is -2.28. The second kappa shape index (κ2) is 6.24. The van der Waals surface area contributed by atoms with Gasteiger partial charge in [-0.25, -0.2) is 4.98 Å². The highest BCUT2D eigenvalue weighted by Gasteiger charge is 2.47. The molecule has 4 heterocycles. The monoisotopic (exact) mass is 354 g/mol. The fourth-order valence-corrected chi connectivity index (χ4v) is 3.49. The summed E-state index contributed by atoms with van der Waals surface area (Å²) < 4.78 is 17.7. The number of rotatable bonds is 4. The van der Waals surface area contributed by atoms with Crippen LogP contribution in [0.1, 0.15) is 11.9 Å². The van der Waals surface area contributed by atoms with Crippen molar-refractivity contribution in [1.29, 1.82) is 0 Å². The number of nitrogens with zero attached hydrogens (tertiary/aromatic N) is 1. The van der Waals surface area contributed by atoms with Crippen LogP contribution in [0.25, 0.3) is 11.0 Å². The molecule has 1 aromatic carbocycles. The number of hydrogen-bond donors (Lipinski definition) is 3. The predicted molar refractivity (Wildman–Crippen MR) is 93.6 cm³/mol. The second-order valence-electron chi connectivity index (χ2n) is 6.48. The molecule has 4 atom stereocenters. The van der Waals surface area contributed by atoms with Crippen molar-refractivity contribution in [3.63, 3.8) is 0 Å². The van der Waals surface area contributed by atoms with Gasteiger partial charge >= 0.3 is 0 Å². The topological polar surface area (TPSA) is 101 Å². The van der Waals surface area contributed by atoms with Crippen LogP contribution in [-0.4, -0.2) is 40.5 Å². The normalized spacial score (nSPS) is 27.7. The maximum absolute atomic E-state index is 11.8. The summed E-state index contributed by atoms with van der Waals surface area (Å²) in [6.07, 6.45) is 2.27. The molecule has 2 saturated heterocycles. The Labute approximate surface area is 148 Å². The zero-order valence-electron chi connectivity index (χ0n) is 13.8. The Bertz CT molecular complexity index is 970. The summed E-state index contributed by atoms with van der Waals surface area (Å²) >= 11 is 0. The molecular formula is C18H18N4O4. The van der Waals surface area contributed by atoms with Crippen molar-refractivity contribution in [3.8, 4) is 0 Å². The van der Waals surface area contributed by atoms with E-state index in [1.165, 1.54) is 6.33 Å². The van der Waals surface area contributed by atoms with Crippen LogP contribution in [-0.2, 0) is 14.2 Å². The molecule has 134 valence electrons. The van der Waals surface area contributed by atoms with E-state index in [4.69, 9.17) is 14.2 Å². The number of fused-ring (bicyclic) bond motifs is 2. The van der Waals surface area contributed by atoms with Gasteiger partial charge in [0, 0.05) is 24.2 Å². The lowest BCUT2D eigenvalue weighted by molar-refractivity contribution is -0.143. The van der Waals surface area contributed by atoms with Crippen LogP contribution in [0.5, 0.6) is 0 Å². The molecule has 0 spiro atoms. The van der Waals surface area contributed by atoms with Crippen LogP contribution >= 0.6 is 0 Å². The first-order chi connectivity index (χ1) is 12.8. The van der Waals surface area contributed by atoms with Gasteiger partial charge in [0.1, 0.15) is 17.1 Å². The molecule has 2 fully saturated rings. The fourth-order valence-electron chi connectivity index (χ4n) is 3.49. The molecule has 2 aromatic heterocycles. The van der Waals surface area contributed by atoms with E-state index in [-0.39, 0.29) is 23.9 Å². The van der Waals surface area contributed by atoms with Crippen molar-refractivity contribution < 1.29 is 14.2 Å². The number of nitrogens with one attached hydrogen (secondary N) is 3. The summed E-state index contributed by atoms with van der Waals surface area (Å²) in [7, 11) is 0. The Kier molecular flexibility index (Phi) is 3.74. The minimum Gasteiger partial charge on any atom is -0.382 e. The average molecular weight is 354 g/mol. The molecule has 3 aromatic rings. The molecule has 8 heteroatoms. The molecule has 5 rings (SSSR count). The van der Waals surface area contributed by atoms with Gasteiger partial charge in [-0.3, -0.25) is 4.79 Å². The highest BCUT2D eigenvalue weighted by Crippen LogP contribution is 2.39. The van der Waals surface area contributed by atoms with Gasteiger partial charge in [-0.1, -0.05) is 30.3 Å². The van der Waals surface area contributed by atoms with Gasteiger partial charge in [0.2, 0.25) is 0 Å². The van der Waals surface area contributed by atoms with Crippen LogP contribution in [0.15, 0.2) is 47.7 Å². The lowest BCUT2D eigenvalue weighted by Gasteiger charge is -2.17. The third-order valence-electron chi connectivity index (χ3n) is 4.84. The van der Waals surface area contributed by atoms with Gasteiger partial charge in [-0.05, 0) is 0 Å². The molecule has 0 bridgehead atoms. The third kappa shape index (κ3) is 2.59. The van der Waals surface area contributed by atoms with Gasteiger partial charge in [0.25, 0.3) is 5.56 Å². The first-order valence-corrected chi connectivity index (χ1v) is 8.56. The van der Waals surface area contributed by atoms with Crippen molar-refractivity contribution in [2.75, 3.05) is 18.5 Å². The second-order valence-corrected chi connectivity index (χ2v) is 6.48. The van der Waals surface area contributed by atoms with E-state index < -0.39 is 6.29 Å². The van der Waals surface area contributed by atoms with Gasteiger partial charge in [-0.2, -0.15) is 0 Å². The van der Waals surface area contributed by atoms with E-state index in [1.54, 1.807) is 6.20 Å². The molecule has 2 unspecified atom stereocenters. The molecule has 8 nitrogen and oxygen atoms in total. The summed E-state index contributed by atoms with van der Waals surface area (Å²) in [5.74, 6) is 0.139.